The summed E-state index contributed by atoms with van der Waals surface area (Å²) in [5.41, 5.74) is 2.20. The van der Waals surface area contributed by atoms with Crippen molar-refractivity contribution in [2.75, 3.05) is 44.2 Å². The molecule has 0 aliphatic carbocycles. The van der Waals surface area contributed by atoms with Crippen molar-refractivity contribution in [1.29, 1.82) is 0 Å². The monoisotopic (exact) mass is 375 g/mol. The molecule has 4 nitrogen and oxygen atoms in total. The maximum absolute atomic E-state index is 13.0. The molecule has 2 aromatic rings. The molecule has 1 heterocycles. The van der Waals surface area contributed by atoms with Gasteiger partial charge in [-0.3, -0.25) is 4.79 Å². The summed E-state index contributed by atoms with van der Waals surface area (Å²) in [6.07, 6.45) is 0.864. The first kappa shape index (κ1) is 18.7. The molecule has 2 aromatic carbocycles. The fraction of sp³-hybridized carbons (Fsp3) is 0.350. The molecule has 0 atom stereocenters. The van der Waals surface area contributed by atoms with E-state index >= 15 is 0 Å². The van der Waals surface area contributed by atoms with Crippen molar-refractivity contribution in [3.63, 3.8) is 0 Å². The number of nitrogens with one attached hydrogen (secondary N) is 1. The van der Waals surface area contributed by atoms with E-state index in [0.29, 0.717) is 19.6 Å². The molecule has 26 heavy (non-hydrogen) atoms. The number of halogens is 2. The van der Waals surface area contributed by atoms with Crippen LogP contribution in [0.5, 0.6) is 0 Å². The van der Waals surface area contributed by atoms with Crippen molar-refractivity contribution in [2.24, 2.45) is 0 Å². The third-order valence-corrected chi connectivity index (χ3v) is 4.86. The SMILES string of the molecule is O=C(CNCCc1ccc(Cl)cc1)N1CCN(c2ccc(F)cc2)CC1. The van der Waals surface area contributed by atoms with Crippen molar-refractivity contribution in [3.05, 3.63) is 64.9 Å². The van der Waals surface area contributed by atoms with Gasteiger partial charge >= 0.3 is 0 Å². The second kappa shape index (κ2) is 9.01. The highest BCUT2D eigenvalue weighted by Crippen LogP contribution is 2.17. The molecule has 1 aliphatic heterocycles. The lowest BCUT2D eigenvalue weighted by Gasteiger charge is -2.36. The van der Waals surface area contributed by atoms with Gasteiger partial charge in [0.25, 0.3) is 0 Å². The van der Waals surface area contributed by atoms with Crippen LogP contribution >= 0.6 is 11.6 Å². The standard InChI is InChI=1S/C20H23ClFN3O/c21-17-3-1-16(2-4-17)9-10-23-15-20(26)25-13-11-24(12-14-25)19-7-5-18(22)6-8-19/h1-8,23H,9-15H2. The van der Waals surface area contributed by atoms with E-state index in [0.717, 1.165) is 36.8 Å². The molecule has 3 rings (SSSR count). The van der Waals surface area contributed by atoms with Crippen LogP contribution < -0.4 is 10.2 Å². The van der Waals surface area contributed by atoms with Crippen LogP contribution in [-0.2, 0) is 11.2 Å². The van der Waals surface area contributed by atoms with Crippen molar-refractivity contribution in [3.8, 4) is 0 Å². The van der Waals surface area contributed by atoms with Crippen LogP contribution in [0.4, 0.5) is 10.1 Å². The number of anilines is 1. The van der Waals surface area contributed by atoms with Gasteiger partial charge in [0.2, 0.25) is 5.91 Å². The van der Waals surface area contributed by atoms with E-state index in [9.17, 15) is 9.18 Å². The highest BCUT2D eigenvalue weighted by molar-refractivity contribution is 6.30. The number of carbonyl (C=O) groups excluding carboxylic acids is 1. The Bertz CT molecular complexity index is 713. The van der Waals surface area contributed by atoms with E-state index in [1.54, 1.807) is 12.1 Å². The maximum atomic E-state index is 13.0. The van der Waals surface area contributed by atoms with Crippen molar-refractivity contribution in [1.82, 2.24) is 10.2 Å². The predicted octanol–water partition coefficient (Wildman–Crippen LogP) is 2.96. The van der Waals surface area contributed by atoms with Crippen molar-refractivity contribution in [2.45, 2.75) is 6.42 Å². The Kier molecular flexibility index (Phi) is 6.47. The molecular formula is C20H23ClFN3O. The van der Waals surface area contributed by atoms with Gasteiger partial charge in [-0.05, 0) is 54.9 Å². The highest BCUT2D eigenvalue weighted by atomic mass is 35.5. The maximum Gasteiger partial charge on any atom is 0.236 e. The van der Waals surface area contributed by atoms with E-state index in [4.69, 9.17) is 11.6 Å². The Labute approximate surface area is 158 Å². The Balaban J connectivity index is 1.37. The summed E-state index contributed by atoms with van der Waals surface area (Å²) in [7, 11) is 0. The topological polar surface area (TPSA) is 35.6 Å². The normalized spacial score (nSPS) is 14.5. The van der Waals surface area contributed by atoms with E-state index in [2.05, 4.69) is 10.2 Å². The number of hydrogen-bond acceptors (Lipinski definition) is 3. The number of hydrogen-bond donors (Lipinski definition) is 1. The van der Waals surface area contributed by atoms with Gasteiger partial charge in [-0.2, -0.15) is 0 Å². The summed E-state index contributed by atoms with van der Waals surface area (Å²) in [5.74, 6) is -0.105. The molecule has 0 aromatic heterocycles. The quantitative estimate of drug-likeness (QED) is 0.788. The minimum atomic E-state index is -0.229. The fourth-order valence-electron chi connectivity index (χ4n) is 3.06. The first-order valence-corrected chi connectivity index (χ1v) is 9.23. The second-order valence-corrected chi connectivity index (χ2v) is 6.83. The number of piperazine rings is 1. The third kappa shape index (κ3) is 5.19. The molecular weight excluding hydrogens is 353 g/mol. The van der Waals surface area contributed by atoms with Gasteiger partial charge in [-0.15, -0.1) is 0 Å². The predicted molar refractivity (Wildman–Crippen MR) is 103 cm³/mol. The van der Waals surface area contributed by atoms with Crippen LogP contribution in [0.25, 0.3) is 0 Å². The van der Waals surface area contributed by atoms with Gasteiger partial charge in [0.15, 0.2) is 0 Å². The summed E-state index contributed by atoms with van der Waals surface area (Å²) >= 11 is 5.87. The molecule has 0 saturated carbocycles. The molecule has 0 unspecified atom stereocenters. The van der Waals surface area contributed by atoms with Crippen molar-refractivity contribution < 1.29 is 9.18 Å². The van der Waals surface area contributed by atoms with Gasteiger partial charge < -0.3 is 15.1 Å². The van der Waals surface area contributed by atoms with Gasteiger partial charge in [-0.1, -0.05) is 23.7 Å². The molecule has 1 fully saturated rings. The summed E-state index contributed by atoms with van der Waals surface area (Å²) < 4.78 is 13.0. The summed E-state index contributed by atoms with van der Waals surface area (Å²) in [4.78, 5) is 16.4. The first-order chi connectivity index (χ1) is 12.6. The molecule has 1 aliphatic rings. The number of nitrogens with zero attached hydrogens (tertiary/aromatic N) is 2. The number of rotatable bonds is 6. The molecule has 6 heteroatoms. The van der Waals surface area contributed by atoms with Gasteiger partial charge in [-0.25, -0.2) is 4.39 Å². The molecule has 0 radical (unpaired) electrons. The van der Waals surface area contributed by atoms with Gasteiger partial charge in [0.05, 0.1) is 6.54 Å². The lowest BCUT2D eigenvalue weighted by Crippen LogP contribution is -2.51. The average molecular weight is 376 g/mol. The molecule has 1 N–H and O–H groups in total. The third-order valence-electron chi connectivity index (χ3n) is 4.60. The number of amides is 1. The smallest absolute Gasteiger partial charge is 0.236 e. The first-order valence-electron chi connectivity index (χ1n) is 8.85. The minimum Gasteiger partial charge on any atom is -0.368 e. The van der Waals surface area contributed by atoms with E-state index < -0.39 is 0 Å². The lowest BCUT2D eigenvalue weighted by atomic mass is 10.1. The van der Waals surface area contributed by atoms with Crippen LogP contribution in [0.1, 0.15) is 5.56 Å². The second-order valence-electron chi connectivity index (χ2n) is 6.40. The summed E-state index contributed by atoms with van der Waals surface area (Å²) in [6.45, 7) is 4.02. The lowest BCUT2D eigenvalue weighted by molar-refractivity contribution is -0.130. The van der Waals surface area contributed by atoms with Crippen LogP contribution in [0, 0.1) is 5.82 Å². The van der Waals surface area contributed by atoms with Crippen molar-refractivity contribution >= 4 is 23.2 Å². The molecule has 0 bridgehead atoms. The number of carbonyl (C=O) groups is 1. The Morgan fingerprint density at radius 3 is 2.31 bits per heavy atom. The molecule has 138 valence electrons. The van der Waals surface area contributed by atoms with E-state index in [1.807, 2.05) is 29.2 Å². The van der Waals surface area contributed by atoms with Gasteiger partial charge in [0.1, 0.15) is 5.82 Å². The minimum absolute atomic E-state index is 0.125. The zero-order valence-corrected chi connectivity index (χ0v) is 15.4. The van der Waals surface area contributed by atoms with Crippen LogP contribution in [0.3, 0.4) is 0 Å². The van der Waals surface area contributed by atoms with E-state index in [1.165, 1.54) is 17.7 Å². The van der Waals surface area contributed by atoms with Gasteiger partial charge in [0, 0.05) is 36.9 Å². The molecule has 0 spiro atoms. The van der Waals surface area contributed by atoms with E-state index in [-0.39, 0.29) is 11.7 Å². The molecule has 1 saturated heterocycles. The average Bonchev–Trinajstić information content (AvgIpc) is 2.67. The summed E-state index contributed by atoms with van der Waals surface area (Å²) in [6, 6.07) is 14.3. The fourth-order valence-corrected chi connectivity index (χ4v) is 3.18. The zero-order valence-electron chi connectivity index (χ0n) is 14.6. The number of benzene rings is 2. The molecule has 1 amide bonds. The zero-order chi connectivity index (χ0) is 18.4. The Morgan fingerprint density at radius 2 is 1.65 bits per heavy atom. The Hall–Kier alpha value is -2.11. The Morgan fingerprint density at radius 1 is 1.00 bits per heavy atom. The van der Waals surface area contributed by atoms with Crippen LogP contribution in [0.2, 0.25) is 5.02 Å². The largest absolute Gasteiger partial charge is 0.368 e. The highest BCUT2D eigenvalue weighted by Gasteiger charge is 2.20. The van der Waals surface area contributed by atoms with Crippen LogP contribution in [0.15, 0.2) is 48.5 Å². The van der Waals surface area contributed by atoms with Crippen LogP contribution in [-0.4, -0.2) is 50.1 Å². The summed E-state index contributed by atoms with van der Waals surface area (Å²) in [5, 5.41) is 3.95.